The minimum atomic E-state index is -1.85. The first kappa shape index (κ1) is 18.4. The molecule has 0 unspecified atom stereocenters. The number of benzene rings is 2. The fourth-order valence-electron chi connectivity index (χ4n) is 2.81. The Balaban J connectivity index is 2.43. The Morgan fingerprint density at radius 3 is 1.60 bits per heavy atom. The van der Waals surface area contributed by atoms with E-state index < -0.39 is 78.5 Å². The van der Waals surface area contributed by atoms with Crippen molar-refractivity contribution in [2.75, 3.05) is 0 Å². The molecule has 0 fully saturated rings. The highest BCUT2D eigenvalue weighted by Crippen LogP contribution is 2.37. The third-order valence-electron chi connectivity index (χ3n) is 4.07. The molecule has 0 radical (unpaired) electrons. The third kappa shape index (κ3) is 2.22. The van der Waals surface area contributed by atoms with E-state index >= 15 is 0 Å². The Morgan fingerprint density at radius 1 is 0.600 bits per heavy atom. The molecule has 0 bridgehead atoms. The van der Waals surface area contributed by atoms with Gasteiger partial charge in [0.1, 0.15) is 35.3 Å². The molecule has 2 aromatic carbocycles. The molecule has 0 saturated carbocycles. The summed E-state index contributed by atoms with van der Waals surface area (Å²) < 4.78 is 68.3. The van der Waals surface area contributed by atoms with Crippen LogP contribution in [0.5, 0.6) is 0 Å². The fourth-order valence-corrected chi connectivity index (χ4v) is 2.81. The van der Waals surface area contributed by atoms with Gasteiger partial charge in [-0.3, -0.25) is 0 Å². The molecule has 2 heterocycles. The quantitative estimate of drug-likeness (QED) is 0.402. The lowest BCUT2D eigenvalue weighted by atomic mass is 10.1. The van der Waals surface area contributed by atoms with Crippen molar-refractivity contribution in [1.29, 1.82) is 21.0 Å². The summed E-state index contributed by atoms with van der Waals surface area (Å²) in [7, 11) is 0. The molecule has 4 aromatic rings. The molecule has 12 heteroatoms. The Hall–Kier alpha value is -4.94. The zero-order valence-corrected chi connectivity index (χ0v) is 14.0. The lowest BCUT2D eigenvalue weighted by Gasteiger charge is -2.05. The number of fused-ring (bicyclic) bond motifs is 5. The maximum Gasteiger partial charge on any atom is 0.249 e. The van der Waals surface area contributed by atoms with Gasteiger partial charge in [0.05, 0.1) is 10.8 Å². The molecule has 0 aliphatic carbocycles. The number of halogens is 4. The zero-order valence-electron chi connectivity index (χ0n) is 14.0. The summed E-state index contributed by atoms with van der Waals surface area (Å²) in [5.74, 6) is -7.15. The van der Waals surface area contributed by atoms with Crippen molar-refractivity contribution < 1.29 is 26.4 Å². The third-order valence-corrected chi connectivity index (χ3v) is 4.07. The number of aromatic nitrogens is 2. The zero-order chi connectivity index (χ0) is 21.7. The van der Waals surface area contributed by atoms with Crippen LogP contribution in [-0.2, 0) is 0 Å². The van der Waals surface area contributed by atoms with Gasteiger partial charge in [0.25, 0.3) is 0 Å². The first-order chi connectivity index (χ1) is 14.4. The van der Waals surface area contributed by atoms with Crippen LogP contribution in [0.2, 0.25) is 0 Å². The van der Waals surface area contributed by atoms with E-state index in [1.165, 1.54) is 24.3 Å². The first-order valence-corrected chi connectivity index (χ1v) is 7.61. The molecule has 2 aromatic heterocycles. The maximum atomic E-state index is 14.6. The number of hydrogen-bond donors (Lipinski definition) is 0. The second kappa shape index (κ2) is 6.30. The van der Waals surface area contributed by atoms with E-state index in [-0.39, 0.29) is 0 Å². The van der Waals surface area contributed by atoms with E-state index in [9.17, 15) is 17.6 Å². The number of rotatable bonds is 0. The maximum absolute atomic E-state index is 14.6. The van der Waals surface area contributed by atoms with E-state index in [4.69, 9.17) is 29.9 Å². The Bertz CT molecular complexity index is 1580. The van der Waals surface area contributed by atoms with Crippen molar-refractivity contribution in [2.24, 2.45) is 0 Å². The van der Waals surface area contributed by atoms with Crippen LogP contribution in [0.15, 0.2) is 8.83 Å². The van der Waals surface area contributed by atoms with Crippen molar-refractivity contribution in [2.45, 2.75) is 0 Å². The number of hydrogen-bond acceptors (Lipinski definition) is 8. The molecule has 0 saturated heterocycles. The average molecular weight is 408 g/mol. The fraction of sp³-hybridized carbons (Fsp3) is 0. The normalized spacial score (nSPS) is 10.5. The number of oxazole rings is 2. The molecule has 4 rings (SSSR count). The van der Waals surface area contributed by atoms with Gasteiger partial charge in [-0.15, -0.1) is 0 Å². The molecule has 0 aliphatic heterocycles. The molecule has 0 spiro atoms. The smallest absolute Gasteiger partial charge is 0.249 e. The molecule has 0 N–H and O–H groups in total. The second-order valence-corrected chi connectivity index (χ2v) is 5.60. The van der Waals surface area contributed by atoms with Crippen molar-refractivity contribution in [3.63, 3.8) is 0 Å². The van der Waals surface area contributed by atoms with Gasteiger partial charge in [-0.1, -0.05) is 0 Å². The van der Waals surface area contributed by atoms with Crippen LogP contribution in [0.1, 0.15) is 0 Å². The van der Waals surface area contributed by atoms with Crippen LogP contribution in [-0.4, -0.2) is 9.97 Å². The molecule has 30 heavy (non-hydrogen) atoms. The highest BCUT2D eigenvalue weighted by Gasteiger charge is 2.29. The summed E-state index contributed by atoms with van der Waals surface area (Å²) in [4.78, 5) is 7.28. The van der Waals surface area contributed by atoms with E-state index in [0.717, 1.165) is 0 Å². The van der Waals surface area contributed by atoms with Crippen LogP contribution in [0.4, 0.5) is 17.6 Å². The Labute approximate surface area is 161 Å². The van der Waals surface area contributed by atoms with Crippen molar-refractivity contribution >= 4 is 44.1 Å². The molecule has 0 aliphatic rings. The van der Waals surface area contributed by atoms with Gasteiger partial charge in [-0.05, 0) is 0 Å². The molecule has 8 nitrogen and oxygen atoms in total. The van der Waals surface area contributed by atoms with Crippen molar-refractivity contribution in [1.82, 2.24) is 9.97 Å². The topological polar surface area (TPSA) is 147 Å². The van der Waals surface area contributed by atoms with Crippen LogP contribution in [0.3, 0.4) is 0 Å². The minimum absolute atomic E-state index is 0.594. The predicted molar refractivity (Wildman–Crippen MR) is 87.4 cm³/mol. The molecular weight excluding hydrogens is 408 g/mol. The standard InChI is InChI=1S/C18F4N6O2/c19-9-7-8(15-14(11(9)21)28-18(29-15)6(3-25)4-26)13-16(12(22)10(7)20)30-17(27-13)5(1-23)2-24. The van der Waals surface area contributed by atoms with Gasteiger partial charge in [0.15, 0.2) is 39.8 Å². The molecular formula is C18F4N6O2. The Kier molecular flexibility index (Phi) is 3.87. The van der Waals surface area contributed by atoms with Crippen LogP contribution < -0.4 is 11.1 Å². The number of nitriles is 4. The van der Waals surface area contributed by atoms with Crippen LogP contribution in [0, 0.1) is 68.6 Å². The minimum Gasteiger partial charge on any atom is -0.434 e. The average Bonchev–Trinajstić information content (AvgIpc) is 3.36. The lowest BCUT2D eigenvalue weighted by Crippen LogP contribution is -2.03. The summed E-state index contributed by atoms with van der Waals surface area (Å²) in [6, 6.07) is 5.77. The largest absolute Gasteiger partial charge is 0.434 e. The van der Waals surface area contributed by atoms with Crippen LogP contribution in [0.25, 0.3) is 44.1 Å². The first-order valence-electron chi connectivity index (χ1n) is 7.61. The van der Waals surface area contributed by atoms with E-state index in [1.807, 2.05) is 0 Å². The highest BCUT2D eigenvalue weighted by molar-refractivity contribution is 6.16. The summed E-state index contributed by atoms with van der Waals surface area (Å²) >= 11 is 0. The Morgan fingerprint density at radius 2 is 1.07 bits per heavy atom. The van der Waals surface area contributed by atoms with Gasteiger partial charge in [0.2, 0.25) is 16.9 Å². The van der Waals surface area contributed by atoms with E-state index in [1.54, 1.807) is 0 Å². The second-order valence-electron chi connectivity index (χ2n) is 5.60. The van der Waals surface area contributed by atoms with E-state index in [2.05, 4.69) is 9.97 Å². The van der Waals surface area contributed by atoms with Crippen molar-refractivity contribution in [3.8, 4) is 24.3 Å². The number of nitrogens with zero attached hydrogens (tertiary/aromatic N) is 6. The predicted octanol–water partition coefficient (Wildman–Crippen LogP) is 2.07. The summed E-state index contributed by atoms with van der Waals surface area (Å²) in [6.45, 7) is 0. The van der Waals surface area contributed by atoms with Crippen LogP contribution >= 0.6 is 0 Å². The molecule has 0 amide bonds. The summed E-state index contributed by atoms with van der Waals surface area (Å²) in [6.07, 6.45) is 0. The van der Waals surface area contributed by atoms with Gasteiger partial charge in [-0.2, -0.15) is 25.4 Å². The summed E-state index contributed by atoms with van der Waals surface area (Å²) in [5, 5.41) is 33.9. The van der Waals surface area contributed by atoms with Gasteiger partial charge >= 0.3 is 0 Å². The van der Waals surface area contributed by atoms with E-state index in [0.29, 0.717) is 0 Å². The monoisotopic (exact) mass is 408 g/mol. The van der Waals surface area contributed by atoms with Crippen molar-refractivity contribution in [3.05, 3.63) is 34.4 Å². The van der Waals surface area contributed by atoms with Gasteiger partial charge in [-0.25, -0.2) is 23.1 Å². The van der Waals surface area contributed by atoms with Gasteiger partial charge < -0.3 is 8.83 Å². The SMILES string of the molecule is N#CC(C#N)=c1nc2c(o1)c(F)c(F)c1c(F)c(F)c3nc(=C(C#N)C#N)oc3c12. The molecule has 0 atom stereocenters. The molecule has 142 valence electrons. The lowest BCUT2D eigenvalue weighted by molar-refractivity contribution is 0.478. The summed E-state index contributed by atoms with van der Waals surface area (Å²) in [5.41, 5.74) is -5.73. The van der Waals surface area contributed by atoms with Gasteiger partial charge in [0, 0.05) is 0 Å². The highest BCUT2D eigenvalue weighted by atomic mass is 19.2.